The van der Waals surface area contributed by atoms with Gasteiger partial charge in [-0.25, -0.2) is 26.3 Å². The first-order valence-corrected chi connectivity index (χ1v) is 25.6. The smallest absolute Gasteiger partial charge is 0.870 e. The van der Waals surface area contributed by atoms with Crippen molar-refractivity contribution in [2.24, 2.45) is 0 Å². The number of rotatable bonds is 9. The van der Waals surface area contributed by atoms with E-state index in [-0.39, 0.29) is 47.6 Å². The molecule has 79 heavy (non-hydrogen) atoms. The first-order chi connectivity index (χ1) is 36.7. The van der Waals surface area contributed by atoms with Crippen molar-refractivity contribution in [3.05, 3.63) is 337 Å². The standard InChI is InChI=1S/2C18H15P.C15H14O.2C6F5.H2O.2Pt/c2*1-4-10-16(11-5-1)19(17-12-6-2-7-13-17)18-14-8-3-9-15-18;1-2-15(16,13-9-5-3-6-10-13)14-11-7-4-8-12-14;2*7-2-1-3(8)5(10)6(11)4(2)9;;;/h2*1-15H;2-12,16H,1H2;;;1H2;;/q;;3*-1;;2*+2/p-1. The van der Waals surface area contributed by atoms with Crippen LogP contribution < -0.4 is 31.8 Å². The molecule has 0 aliphatic heterocycles. The molecule has 0 aliphatic rings. The minimum absolute atomic E-state index is 0. The molecule has 0 saturated heterocycles. The number of hydrogen-bond acceptors (Lipinski definition) is 2. The normalized spacial score (nSPS) is 10.3. The Kier molecular flexibility index (Phi) is 28.8. The van der Waals surface area contributed by atoms with Crippen molar-refractivity contribution in [1.29, 1.82) is 0 Å². The Balaban J connectivity index is 0.000000262. The second-order valence-electron chi connectivity index (χ2n) is 15.8. The van der Waals surface area contributed by atoms with E-state index in [1.165, 1.54) is 31.8 Å². The third-order valence-electron chi connectivity index (χ3n) is 10.8. The van der Waals surface area contributed by atoms with Crippen molar-refractivity contribution < 1.29 is 96.6 Å². The first kappa shape index (κ1) is 66.9. The molecular formula is C63H45F10O2P2Pt2. The summed E-state index contributed by atoms with van der Waals surface area (Å²) in [5, 5.41) is 19.0. The van der Waals surface area contributed by atoms with Gasteiger partial charge in [0.1, 0.15) is 0 Å². The van der Waals surface area contributed by atoms with Crippen molar-refractivity contribution in [2.45, 2.75) is 5.60 Å². The summed E-state index contributed by atoms with van der Waals surface area (Å²) in [6.45, 7) is 3.74. The maximum absolute atomic E-state index is 12.0. The molecule has 0 spiro atoms. The monoisotopic (exact) mass is 1480 g/mol. The second-order valence-corrected chi connectivity index (χ2v) is 20.2. The van der Waals surface area contributed by atoms with Gasteiger partial charge in [-0.1, -0.05) is 243 Å². The van der Waals surface area contributed by atoms with Crippen LogP contribution in [-0.4, -0.2) is 10.6 Å². The molecule has 0 fully saturated rings. The van der Waals surface area contributed by atoms with Crippen LogP contribution in [0.2, 0.25) is 0 Å². The fraction of sp³-hybridized carbons (Fsp3) is 0.0159. The van der Waals surface area contributed by atoms with Crippen molar-refractivity contribution >= 4 is 47.7 Å². The molecule has 1 radical (unpaired) electrons. The summed E-state index contributed by atoms with van der Waals surface area (Å²) in [6.07, 6.45) is 1.57. The summed E-state index contributed by atoms with van der Waals surface area (Å²) < 4.78 is 120. The van der Waals surface area contributed by atoms with Gasteiger partial charge in [-0.3, -0.25) is 17.6 Å². The Labute approximate surface area is 484 Å². The van der Waals surface area contributed by atoms with Crippen LogP contribution >= 0.6 is 15.8 Å². The minimum Gasteiger partial charge on any atom is -0.870 e. The molecule has 0 aliphatic carbocycles. The van der Waals surface area contributed by atoms with E-state index in [4.69, 9.17) is 0 Å². The Morgan fingerprint density at radius 2 is 0.468 bits per heavy atom. The van der Waals surface area contributed by atoms with E-state index >= 15 is 0 Å². The van der Waals surface area contributed by atoms with Gasteiger partial charge in [0.25, 0.3) is 0 Å². The molecule has 2 N–H and O–H groups in total. The fourth-order valence-electron chi connectivity index (χ4n) is 7.13. The van der Waals surface area contributed by atoms with E-state index in [1.807, 2.05) is 60.7 Å². The molecule has 10 aromatic carbocycles. The largest absolute Gasteiger partial charge is 2.00 e. The van der Waals surface area contributed by atoms with Crippen LogP contribution in [0, 0.1) is 83.6 Å². The van der Waals surface area contributed by atoms with E-state index in [1.54, 1.807) is 6.42 Å². The van der Waals surface area contributed by atoms with Crippen LogP contribution in [0.5, 0.6) is 0 Å². The van der Waals surface area contributed by atoms with E-state index in [0.717, 1.165) is 23.3 Å². The van der Waals surface area contributed by atoms with Crippen molar-refractivity contribution in [3.8, 4) is 0 Å². The van der Waals surface area contributed by atoms with Gasteiger partial charge in [0, 0.05) is 0 Å². The fourth-order valence-corrected chi connectivity index (χ4v) is 11.7. The number of benzene rings is 10. The maximum atomic E-state index is 12.0. The zero-order valence-corrected chi connectivity index (χ0v) is 47.4. The van der Waals surface area contributed by atoms with E-state index < -0.39 is 79.6 Å². The maximum Gasteiger partial charge on any atom is 2.00 e. The Morgan fingerprint density at radius 3 is 0.633 bits per heavy atom. The molecule has 0 atom stereocenters. The molecule has 10 aromatic rings. The molecule has 0 saturated carbocycles. The van der Waals surface area contributed by atoms with Gasteiger partial charge >= 0.3 is 42.1 Å². The molecule has 0 unspecified atom stereocenters. The van der Waals surface area contributed by atoms with Gasteiger partial charge in [-0.15, -0.1) is 12.1 Å². The first-order valence-electron chi connectivity index (χ1n) is 22.9. The third kappa shape index (κ3) is 18.6. The number of hydrogen-bond donors (Lipinski definition) is 1. The SMILES string of the molecule is Fc1[c-]c(F)c(F)c(F)c1F.Fc1[c-]c(F)c(F)c(F)c1F.[CH2-][CH]C(O)(c1ccccc1)c1ccccc1.[OH-].[Pt+2].[Pt+2].c1ccc(P(c2ccccc2)c2ccccc2)cc1.c1ccc(P(c2ccccc2)c2ccccc2)cc1. The minimum atomic E-state index is -2.17. The molecule has 409 valence electrons. The molecule has 16 heteroatoms. The molecule has 2 nitrogen and oxygen atoms in total. The van der Waals surface area contributed by atoms with Crippen LogP contribution in [-0.2, 0) is 47.7 Å². The van der Waals surface area contributed by atoms with Gasteiger partial charge in [-0.2, -0.15) is 6.42 Å². The third-order valence-corrected chi connectivity index (χ3v) is 15.7. The molecular weight excluding hydrogens is 1430 g/mol. The predicted molar refractivity (Wildman–Crippen MR) is 288 cm³/mol. The molecule has 0 aromatic heterocycles. The number of aliphatic hydroxyl groups is 1. The summed E-state index contributed by atoms with van der Waals surface area (Å²) in [4.78, 5) is 0. The van der Waals surface area contributed by atoms with Crippen molar-refractivity contribution in [2.75, 3.05) is 0 Å². The zero-order chi connectivity index (χ0) is 54.5. The van der Waals surface area contributed by atoms with Crippen molar-refractivity contribution in [1.82, 2.24) is 0 Å². The summed E-state index contributed by atoms with van der Waals surface area (Å²) in [6, 6.07) is 85.8. The Morgan fingerprint density at radius 1 is 0.304 bits per heavy atom. The average Bonchev–Trinajstić information content (AvgIpc) is 3.49. The average molecular weight is 1480 g/mol. The summed E-state index contributed by atoms with van der Waals surface area (Å²) in [5.74, 6) is -20.1. The second kappa shape index (κ2) is 33.9. The van der Waals surface area contributed by atoms with Gasteiger partial charge in [0.15, 0.2) is 0 Å². The topological polar surface area (TPSA) is 50.2 Å². The summed E-state index contributed by atoms with van der Waals surface area (Å²) in [7, 11) is -0.892. The molecule has 0 amide bonds. The molecule has 0 bridgehead atoms. The van der Waals surface area contributed by atoms with E-state index in [0.29, 0.717) is 0 Å². The van der Waals surface area contributed by atoms with Crippen LogP contribution in [0.1, 0.15) is 11.1 Å². The summed E-state index contributed by atoms with van der Waals surface area (Å²) >= 11 is 0. The Hall–Kier alpha value is -6.34. The summed E-state index contributed by atoms with van der Waals surface area (Å²) in [5.41, 5.74) is 0.551. The molecule has 0 heterocycles. The number of halogens is 10. The van der Waals surface area contributed by atoms with E-state index in [9.17, 15) is 49.0 Å². The van der Waals surface area contributed by atoms with Crippen LogP contribution in [0.25, 0.3) is 0 Å². The van der Waals surface area contributed by atoms with Crippen LogP contribution in [0.3, 0.4) is 0 Å². The van der Waals surface area contributed by atoms with Gasteiger partial charge in [-0.05, 0) is 58.8 Å². The van der Waals surface area contributed by atoms with Gasteiger partial charge < -0.3 is 17.5 Å². The predicted octanol–water partition coefficient (Wildman–Crippen LogP) is 14.0. The van der Waals surface area contributed by atoms with E-state index in [2.05, 4.69) is 189 Å². The van der Waals surface area contributed by atoms with Crippen LogP contribution in [0.4, 0.5) is 43.9 Å². The van der Waals surface area contributed by atoms with Gasteiger partial charge in [0.2, 0.25) is 0 Å². The Bertz CT molecular complexity index is 2860. The van der Waals surface area contributed by atoms with Gasteiger partial charge in [0.05, 0.1) is 63.8 Å². The van der Waals surface area contributed by atoms with Crippen LogP contribution in [0.15, 0.2) is 243 Å². The quantitative estimate of drug-likeness (QED) is 0.0515. The zero-order valence-electron chi connectivity index (χ0n) is 41.1. The molecule has 10 rings (SSSR count). The van der Waals surface area contributed by atoms with Crippen molar-refractivity contribution in [3.63, 3.8) is 0 Å².